The van der Waals surface area contributed by atoms with Crippen molar-refractivity contribution in [3.63, 3.8) is 0 Å². The Balaban J connectivity index is 2.34. The van der Waals surface area contributed by atoms with Gasteiger partial charge in [0.15, 0.2) is 0 Å². The summed E-state index contributed by atoms with van der Waals surface area (Å²) in [5.74, 6) is 0. The molecule has 1 heterocycles. The molecule has 12 heavy (non-hydrogen) atoms. The molecule has 1 atom stereocenters. The average Bonchev–Trinajstić information content (AvgIpc) is 2.04. The third kappa shape index (κ3) is 1.64. The van der Waals surface area contributed by atoms with Crippen molar-refractivity contribution < 1.29 is 0 Å². The number of likely N-dealkylation sites (tertiary alicyclic amines) is 1. The van der Waals surface area contributed by atoms with Crippen molar-refractivity contribution in [2.24, 2.45) is 11.1 Å². The third-order valence-electron chi connectivity index (χ3n) is 3.54. The summed E-state index contributed by atoms with van der Waals surface area (Å²) in [5.41, 5.74) is 6.24. The molecular formula is C10H22N2. The van der Waals surface area contributed by atoms with Crippen molar-refractivity contribution >= 4 is 0 Å². The molecule has 0 radical (unpaired) electrons. The summed E-state index contributed by atoms with van der Waals surface area (Å²) in [5, 5.41) is 0. The van der Waals surface area contributed by atoms with Crippen LogP contribution in [0, 0.1) is 5.41 Å². The van der Waals surface area contributed by atoms with E-state index >= 15 is 0 Å². The van der Waals surface area contributed by atoms with E-state index in [4.69, 9.17) is 5.73 Å². The van der Waals surface area contributed by atoms with Crippen molar-refractivity contribution in [3.05, 3.63) is 0 Å². The van der Waals surface area contributed by atoms with Crippen LogP contribution in [0.2, 0.25) is 0 Å². The van der Waals surface area contributed by atoms with Crippen LogP contribution in [0.4, 0.5) is 0 Å². The maximum Gasteiger partial charge on any atom is 0.0190 e. The Bertz CT molecular complexity index is 133. The monoisotopic (exact) mass is 170 g/mol. The summed E-state index contributed by atoms with van der Waals surface area (Å²) in [6.07, 6.45) is 2.63. The van der Waals surface area contributed by atoms with Gasteiger partial charge in [0.1, 0.15) is 0 Å². The first-order valence-electron chi connectivity index (χ1n) is 5.11. The topological polar surface area (TPSA) is 29.3 Å². The van der Waals surface area contributed by atoms with E-state index < -0.39 is 0 Å². The largest absolute Gasteiger partial charge is 0.329 e. The van der Waals surface area contributed by atoms with Crippen molar-refractivity contribution in [2.45, 2.75) is 39.7 Å². The van der Waals surface area contributed by atoms with Crippen LogP contribution in [0.3, 0.4) is 0 Å². The predicted octanol–water partition coefficient (Wildman–Crippen LogP) is 1.46. The fraction of sp³-hybridized carbons (Fsp3) is 1.00. The number of hydrogen-bond acceptors (Lipinski definition) is 2. The van der Waals surface area contributed by atoms with Crippen molar-refractivity contribution in [1.82, 2.24) is 4.90 Å². The van der Waals surface area contributed by atoms with Crippen LogP contribution in [0.1, 0.15) is 33.6 Å². The van der Waals surface area contributed by atoms with E-state index in [1.807, 2.05) is 0 Å². The summed E-state index contributed by atoms with van der Waals surface area (Å²) in [6, 6.07) is 0.580. The molecule has 2 N–H and O–H groups in total. The first-order chi connectivity index (χ1) is 5.67. The van der Waals surface area contributed by atoms with Crippen molar-refractivity contribution in [1.29, 1.82) is 0 Å². The van der Waals surface area contributed by atoms with Crippen molar-refractivity contribution in [2.75, 3.05) is 19.6 Å². The second-order valence-electron chi connectivity index (χ2n) is 4.20. The molecule has 1 saturated heterocycles. The second-order valence-corrected chi connectivity index (χ2v) is 4.20. The maximum absolute atomic E-state index is 5.61. The molecule has 1 aliphatic heterocycles. The lowest BCUT2D eigenvalue weighted by atomic mass is 9.74. The van der Waals surface area contributed by atoms with Gasteiger partial charge in [0, 0.05) is 25.7 Å². The molecule has 0 spiro atoms. The first kappa shape index (κ1) is 10.0. The molecule has 0 aliphatic carbocycles. The Morgan fingerprint density at radius 2 is 1.83 bits per heavy atom. The SMILES string of the molecule is CCC1(CC)CN(C(C)CN)C1. The highest BCUT2D eigenvalue weighted by Gasteiger charge is 2.40. The molecule has 2 nitrogen and oxygen atoms in total. The molecule has 1 aliphatic rings. The molecule has 2 heteroatoms. The summed E-state index contributed by atoms with van der Waals surface area (Å²) in [6.45, 7) is 10.1. The van der Waals surface area contributed by atoms with Gasteiger partial charge in [-0.05, 0) is 25.2 Å². The zero-order valence-corrected chi connectivity index (χ0v) is 8.64. The van der Waals surface area contributed by atoms with Gasteiger partial charge in [0.2, 0.25) is 0 Å². The van der Waals surface area contributed by atoms with Gasteiger partial charge in [-0.25, -0.2) is 0 Å². The smallest absolute Gasteiger partial charge is 0.0190 e. The summed E-state index contributed by atoms with van der Waals surface area (Å²) >= 11 is 0. The normalized spacial score (nSPS) is 25.0. The van der Waals surface area contributed by atoms with Crippen LogP contribution in [0.5, 0.6) is 0 Å². The average molecular weight is 170 g/mol. The van der Waals surface area contributed by atoms with Gasteiger partial charge in [0.05, 0.1) is 0 Å². The van der Waals surface area contributed by atoms with E-state index in [2.05, 4.69) is 25.7 Å². The molecule has 1 unspecified atom stereocenters. The van der Waals surface area contributed by atoms with Gasteiger partial charge in [-0.1, -0.05) is 13.8 Å². The zero-order chi connectivity index (χ0) is 9.19. The van der Waals surface area contributed by atoms with Gasteiger partial charge in [-0.15, -0.1) is 0 Å². The lowest BCUT2D eigenvalue weighted by Gasteiger charge is -2.52. The molecule has 0 aromatic rings. The molecule has 1 fully saturated rings. The van der Waals surface area contributed by atoms with Crippen molar-refractivity contribution in [3.8, 4) is 0 Å². The van der Waals surface area contributed by atoms with Crippen LogP contribution in [-0.4, -0.2) is 30.6 Å². The predicted molar refractivity (Wildman–Crippen MR) is 53.1 cm³/mol. The van der Waals surface area contributed by atoms with E-state index in [0.29, 0.717) is 11.5 Å². The van der Waals surface area contributed by atoms with Gasteiger partial charge < -0.3 is 5.73 Å². The third-order valence-corrected chi connectivity index (χ3v) is 3.54. The Morgan fingerprint density at radius 1 is 1.33 bits per heavy atom. The number of rotatable bonds is 4. The van der Waals surface area contributed by atoms with Crippen LogP contribution < -0.4 is 5.73 Å². The van der Waals surface area contributed by atoms with Crippen LogP contribution in [-0.2, 0) is 0 Å². The van der Waals surface area contributed by atoms with E-state index in [9.17, 15) is 0 Å². The molecule has 0 bridgehead atoms. The Labute approximate surface area is 76.1 Å². The van der Waals surface area contributed by atoms with Gasteiger partial charge >= 0.3 is 0 Å². The summed E-state index contributed by atoms with van der Waals surface area (Å²) in [4.78, 5) is 2.49. The van der Waals surface area contributed by atoms with Crippen LogP contribution >= 0.6 is 0 Å². The molecule has 0 aromatic carbocycles. The minimum atomic E-state index is 0.580. The van der Waals surface area contributed by atoms with E-state index in [1.54, 1.807) is 0 Å². The molecule has 0 amide bonds. The Morgan fingerprint density at radius 3 is 2.17 bits per heavy atom. The van der Waals surface area contributed by atoms with Gasteiger partial charge in [-0.2, -0.15) is 0 Å². The number of nitrogens with two attached hydrogens (primary N) is 1. The fourth-order valence-electron chi connectivity index (χ4n) is 1.97. The maximum atomic E-state index is 5.61. The fourth-order valence-corrected chi connectivity index (χ4v) is 1.97. The van der Waals surface area contributed by atoms with Crippen LogP contribution in [0.25, 0.3) is 0 Å². The van der Waals surface area contributed by atoms with Gasteiger partial charge in [-0.3, -0.25) is 4.90 Å². The Hall–Kier alpha value is -0.0800. The molecule has 0 aromatic heterocycles. The first-order valence-corrected chi connectivity index (χ1v) is 5.11. The van der Waals surface area contributed by atoms with E-state index in [1.165, 1.54) is 25.9 Å². The van der Waals surface area contributed by atoms with Gasteiger partial charge in [0.25, 0.3) is 0 Å². The standard InChI is InChI=1S/C10H22N2/c1-4-10(5-2)7-12(8-10)9(3)6-11/h9H,4-8,11H2,1-3H3. The lowest BCUT2D eigenvalue weighted by molar-refractivity contribution is -0.0296. The highest BCUT2D eigenvalue weighted by molar-refractivity contribution is 4.95. The second kappa shape index (κ2) is 3.75. The van der Waals surface area contributed by atoms with Crippen LogP contribution in [0.15, 0.2) is 0 Å². The van der Waals surface area contributed by atoms with E-state index in [-0.39, 0.29) is 0 Å². The van der Waals surface area contributed by atoms with E-state index in [0.717, 1.165) is 6.54 Å². The highest BCUT2D eigenvalue weighted by atomic mass is 15.2. The number of hydrogen-bond donors (Lipinski definition) is 1. The molecular weight excluding hydrogens is 148 g/mol. The summed E-state index contributed by atoms with van der Waals surface area (Å²) < 4.78 is 0. The Kier molecular flexibility index (Phi) is 3.13. The molecule has 72 valence electrons. The molecule has 0 saturated carbocycles. The lowest BCUT2D eigenvalue weighted by Crippen LogP contribution is -2.60. The summed E-state index contributed by atoms with van der Waals surface area (Å²) in [7, 11) is 0. The quantitative estimate of drug-likeness (QED) is 0.692. The minimum absolute atomic E-state index is 0.580. The molecule has 1 rings (SSSR count). The highest BCUT2D eigenvalue weighted by Crippen LogP contribution is 2.37. The minimum Gasteiger partial charge on any atom is -0.329 e. The number of nitrogens with zero attached hydrogens (tertiary/aromatic N) is 1. The zero-order valence-electron chi connectivity index (χ0n) is 8.64.